The van der Waals surface area contributed by atoms with Crippen LogP contribution in [-0.2, 0) is 4.79 Å². The topological polar surface area (TPSA) is 90.5 Å². The molecule has 112 valence electrons. The molecular weight excluding hydrogens is 272 g/mol. The average molecular weight is 290 g/mol. The number of nitrogens with zero attached hydrogens (tertiary/aromatic N) is 1. The minimum absolute atomic E-state index is 0.204. The predicted octanol–water partition coefficient (Wildman–Crippen LogP) is 0.0805. The molecule has 1 unspecified atom stereocenters. The van der Waals surface area contributed by atoms with Crippen molar-refractivity contribution in [3.63, 3.8) is 0 Å². The first-order chi connectivity index (χ1) is 9.97. The standard InChI is InChI=1S/C14H18N4O3/c1-18(2)10-5-3-9(4-6-10)12(19)15-8-7-11-13(20)17-14(21)16-11/h3-6,11H,7-8H2,1-2H3,(H,15,19)(H2,16,17,20,21). The molecule has 1 aromatic carbocycles. The molecule has 1 aliphatic rings. The van der Waals surface area contributed by atoms with Gasteiger partial charge < -0.3 is 15.5 Å². The molecule has 7 nitrogen and oxygen atoms in total. The Morgan fingerprint density at radius 3 is 2.43 bits per heavy atom. The van der Waals surface area contributed by atoms with Crippen LogP contribution < -0.4 is 20.9 Å². The van der Waals surface area contributed by atoms with E-state index in [1.165, 1.54) is 0 Å². The minimum Gasteiger partial charge on any atom is -0.378 e. The number of hydrogen-bond donors (Lipinski definition) is 3. The SMILES string of the molecule is CN(C)c1ccc(C(=O)NCCC2NC(=O)NC2=O)cc1. The van der Waals surface area contributed by atoms with Crippen molar-refractivity contribution in [3.8, 4) is 0 Å². The number of hydrogen-bond acceptors (Lipinski definition) is 4. The van der Waals surface area contributed by atoms with Gasteiger partial charge in [0.1, 0.15) is 6.04 Å². The zero-order chi connectivity index (χ0) is 15.4. The molecular formula is C14H18N4O3. The summed E-state index contributed by atoms with van der Waals surface area (Å²) in [6.07, 6.45) is 0.360. The molecule has 1 aliphatic heterocycles. The summed E-state index contributed by atoms with van der Waals surface area (Å²) in [7, 11) is 3.85. The van der Waals surface area contributed by atoms with E-state index in [1.54, 1.807) is 12.1 Å². The average Bonchev–Trinajstić information content (AvgIpc) is 2.77. The highest BCUT2D eigenvalue weighted by atomic mass is 16.2. The van der Waals surface area contributed by atoms with Crippen LogP contribution in [0.5, 0.6) is 0 Å². The van der Waals surface area contributed by atoms with Crippen molar-refractivity contribution in [1.82, 2.24) is 16.0 Å². The second-order valence-electron chi connectivity index (χ2n) is 5.00. The number of nitrogens with one attached hydrogen (secondary N) is 3. The van der Waals surface area contributed by atoms with Gasteiger partial charge in [-0.3, -0.25) is 14.9 Å². The van der Waals surface area contributed by atoms with Crippen molar-refractivity contribution in [2.24, 2.45) is 0 Å². The first kappa shape index (κ1) is 14.8. The number of carbonyl (C=O) groups is 3. The fourth-order valence-corrected chi connectivity index (χ4v) is 2.01. The van der Waals surface area contributed by atoms with Crippen molar-refractivity contribution in [1.29, 1.82) is 0 Å². The van der Waals surface area contributed by atoms with Crippen LogP contribution in [0.15, 0.2) is 24.3 Å². The number of imide groups is 1. The van der Waals surface area contributed by atoms with Gasteiger partial charge in [-0.05, 0) is 30.7 Å². The van der Waals surface area contributed by atoms with Gasteiger partial charge in [0.15, 0.2) is 0 Å². The molecule has 1 heterocycles. The molecule has 0 aliphatic carbocycles. The molecule has 21 heavy (non-hydrogen) atoms. The van der Waals surface area contributed by atoms with Crippen molar-refractivity contribution in [2.75, 3.05) is 25.5 Å². The van der Waals surface area contributed by atoms with Crippen molar-refractivity contribution >= 4 is 23.5 Å². The highest BCUT2D eigenvalue weighted by Gasteiger charge is 2.28. The van der Waals surface area contributed by atoms with E-state index in [0.717, 1.165) is 5.69 Å². The summed E-state index contributed by atoms with van der Waals surface area (Å²) in [5.74, 6) is -0.561. The van der Waals surface area contributed by atoms with Crippen molar-refractivity contribution in [3.05, 3.63) is 29.8 Å². The lowest BCUT2D eigenvalue weighted by atomic mass is 10.1. The summed E-state index contributed by atoms with van der Waals surface area (Å²) in [6, 6.07) is 6.15. The van der Waals surface area contributed by atoms with E-state index in [-0.39, 0.29) is 11.8 Å². The smallest absolute Gasteiger partial charge is 0.322 e. The molecule has 2 rings (SSSR count). The molecule has 0 radical (unpaired) electrons. The maximum Gasteiger partial charge on any atom is 0.322 e. The van der Waals surface area contributed by atoms with E-state index in [0.29, 0.717) is 18.5 Å². The lowest BCUT2D eigenvalue weighted by Crippen LogP contribution is -2.34. The lowest BCUT2D eigenvalue weighted by Gasteiger charge is -2.13. The summed E-state index contributed by atoms with van der Waals surface area (Å²) < 4.78 is 0. The summed E-state index contributed by atoms with van der Waals surface area (Å²) in [5.41, 5.74) is 1.57. The third kappa shape index (κ3) is 3.71. The first-order valence-electron chi connectivity index (χ1n) is 6.64. The summed E-state index contributed by atoms with van der Waals surface area (Å²) >= 11 is 0. The fourth-order valence-electron chi connectivity index (χ4n) is 2.01. The van der Waals surface area contributed by atoms with Crippen molar-refractivity contribution in [2.45, 2.75) is 12.5 Å². The largest absolute Gasteiger partial charge is 0.378 e. The van der Waals surface area contributed by atoms with Gasteiger partial charge >= 0.3 is 6.03 Å². The zero-order valence-corrected chi connectivity index (χ0v) is 12.0. The number of rotatable bonds is 5. The quantitative estimate of drug-likeness (QED) is 0.670. The number of benzene rings is 1. The molecule has 0 saturated carbocycles. The van der Waals surface area contributed by atoms with Crippen molar-refractivity contribution < 1.29 is 14.4 Å². The molecule has 4 amide bonds. The second-order valence-corrected chi connectivity index (χ2v) is 5.00. The van der Waals surface area contributed by atoms with Crippen LogP contribution in [0.2, 0.25) is 0 Å². The zero-order valence-electron chi connectivity index (χ0n) is 12.0. The van der Waals surface area contributed by atoms with Crippen LogP contribution in [0.3, 0.4) is 0 Å². The van der Waals surface area contributed by atoms with Crippen LogP contribution in [0.25, 0.3) is 0 Å². The molecule has 0 bridgehead atoms. The first-order valence-corrected chi connectivity index (χ1v) is 6.64. The van der Waals surface area contributed by atoms with Gasteiger partial charge in [-0.2, -0.15) is 0 Å². The third-order valence-electron chi connectivity index (χ3n) is 3.22. The van der Waals surface area contributed by atoms with Gasteiger partial charge in [0.05, 0.1) is 0 Å². The third-order valence-corrected chi connectivity index (χ3v) is 3.22. The number of anilines is 1. The Kier molecular flexibility index (Phi) is 4.42. The number of amides is 4. The van der Waals surface area contributed by atoms with Crippen LogP contribution in [0.4, 0.5) is 10.5 Å². The Hall–Kier alpha value is -2.57. The summed E-state index contributed by atoms with van der Waals surface area (Å²) in [5, 5.41) is 7.35. The van der Waals surface area contributed by atoms with E-state index >= 15 is 0 Å². The van der Waals surface area contributed by atoms with Crippen LogP contribution in [0, 0.1) is 0 Å². The highest BCUT2D eigenvalue weighted by Crippen LogP contribution is 2.12. The Morgan fingerprint density at radius 2 is 1.90 bits per heavy atom. The molecule has 1 atom stereocenters. The second kappa shape index (κ2) is 6.25. The molecule has 1 aromatic rings. The Bertz CT molecular complexity index is 554. The highest BCUT2D eigenvalue weighted by molar-refractivity contribution is 6.04. The van der Waals surface area contributed by atoms with Crippen LogP contribution >= 0.6 is 0 Å². The molecule has 0 aromatic heterocycles. The van der Waals surface area contributed by atoms with Gasteiger partial charge in [-0.1, -0.05) is 0 Å². The van der Waals surface area contributed by atoms with E-state index in [2.05, 4.69) is 16.0 Å². The number of carbonyl (C=O) groups excluding carboxylic acids is 3. The predicted molar refractivity (Wildman–Crippen MR) is 78.2 cm³/mol. The van der Waals surface area contributed by atoms with Gasteiger partial charge in [0, 0.05) is 31.9 Å². The fraction of sp³-hybridized carbons (Fsp3) is 0.357. The van der Waals surface area contributed by atoms with E-state index < -0.39 is 12.1 Å². The number of urea groups is 1. The van der Waals surface area contributed by atoms with Crippen LogP contribution in [-0.4, -0.2) is 44.5 Å². The van der Waals surface area contributed by atoms with Gasteiger partial charge in [-0.15, -0.1) is 0 Å². The molecule has 7 heteroatoms. The minimum atomic E-state index is -0.575. The summed E-state index contributed by atoms with van der Waals surface area (Å²) in [4.78, 5) is 36.1. The van der Waals surface area contributed by atoms with E-state index in [9.17, 15) is 14.4 Å². The lowest BCUT2D eigenvalue weighted by molar-refractivity contribution is -0.120. The molecule has 1 fully saturated rings. The van der Waals surface area contributed by atoms with E-state index in [4.69, 9.17) is 0 Å². The van der Waals surface area contributed by atoms with Gasteiger partial charge in [0.25, 0.3) is 11.8 Å². The summed E-state index contributed by atoms with van der Waals surface area (Å²) in [6.45, 7) is 0.312. The molecule has 3 N–H and O–H groups in total. The Balaban J connectivity index is 1.82. The van der Waals surface area contributed by atoms with Gasteiger partial charge in [0.2, 0.25) is 0 Å². The maximum atomic E-state index is 11.9. The molecule has 1 saturated heterocycles. The molecule has 0 spiro atoms. The Labute approximate surface area is 122 Å². The van der Waals surface area contributed by atoms with Gasteiger partial charge in [-0.25, -0.2) is 4.79 Å². The monoisotopic (exact) mass is 290 g/mol. The van der Waals surface area contributed by atoms with E-state index in [1.807, 2.05) is 31.1 Å². The normalized spacial score (nSPS) is 17.1. The maximum absolute atomic E-state index is 11.9. The van der Waals surface area contributed by atoms with Crippen LogP contribution in [0.1, 0.15) is 16.8 Å². The Morgan fingerprint density at radius 1 is 1.24 bits per heavy atom.